The molecule has 122 valence electrons. The van der Waals surface area contributed by atoms with Crippen LogP contribution in [0, 0.1) is 0 Å². The van der Waals surface area contributed by atoms with Gasteiger partial charge in [-0.05, 0) is 20.8 Å². The SMILES string of the molecule is CC(C)(C)OC(=O)NC(CS(=O)(=O)CCN)C(=O)OC=O. The van der Waals surface area contributed by atoms with Crippen molar-refractivity contribution in [2.75, 3.05) is 18.1 Å². The van der Waals surface area contributed by atoms with Crippen LogP contribution in [0.15, 0.2) is 0 Å². The number of carbonyl (C=O) groups is 3. The Morgan fingerprint density at radius 1 is 1.33 bits per heavy atom. The number of esters is 1. The normalized spacial score (nSPS) is 13.1. The van der Waals surface area contributed by atoms with Gasteiger partial charge in [0.15, 0.2) is 9.84 Å². The Labute approximate surface area is 123 Å². The Bertz CT molecular complexity index is 481. The Balaban J connectivity index is 4.95. The second kappa shape index (κ2) is 7.93. The lowest BCUT2D eigenvalue weighted by atomic mass is 10.2. The topological polar surface area (TPSA) is 142 Å². The summed E-state index contributed by atoms with van der Waals surface area (Å²) in [6.07, 6.45) is -1.00. The summed E-state index contributed by atoms with van der Waals surface area (Å²) in [6.45, 7) is 4.50. The molecule has 0 heterocycles. The van der Waals surface area contributed by atoms with E-state index in [1.807, 2.05) is 0 Å². The molecule has 0 aromatic rings. The Hall–Kier alpha value is -1.68. The number of carbonyl (C=O) groups excluding carboxylic acids is 3. The Morgan fingerprint density at radius 3 is 2.33 bits per heavy atom. The summed E-state index contributed by atoms with van der Waals surface area (Å²) in [4.78, 5) is 33.2. The van der Waals surface area contributed by atoms with E-state index in [9.17, 15) is 22.8 Å². The van der Waals surface area contributed by atoms with Crippen LogP contribution in [-0.2, 0) is 28.9 Å². The van der Waals surface area contributed by atoms with Gasteiger partial charge in [-0.2, -0.15) is 0 Å². The van der Waals surface area contributed by atoms with Gasteiger partial charge in [0.05, 0.1) is 11.5 Å². The first-order valence-corrected chi connectivity index (χ1v) is 7.87. The quantitative estimate of drug-likeness (QED) is 0.343. The summed E-state index contributed by atoms with van der Waals surface area (Å²) < 4.78 is 32.3. The Kier molecular flexibility index (Phi) is 7.30. The van der Waals surface area contributed by atoms with Gasteiger partial charge >= 0.3 is 18.5 Å². The molecule has 0 aliphatic carbocycles. The van der Waals surface area contributed by atoms with Crippen molar-refractivity contribution in [3.05, 3.63) is 0 Å². The second-order valence-corrected chi connectivity index (χ2v) is 7.36. The molecular formula is C11H20N2O7S. The third-order valence-electron chi connectivity index (χ3n) is 1.99. The summed E-state index contributed by atoms with van der Waals surface area (Å²) >= 11 is 0. The van der Waals surface area contributed by atoms with Crippen LogP contribution in [-0.4, -0.2) is 56.6 Å². The zero-order valence-corrected chi connectivity index (χ0v) is 12.9. The second-order valence-electron chi connectivity index (χ2n) is 5.13. The molecule has 0 bridgehead atoms. The van der Waals surface area contributed by atoms with Gasteiger partial charge in [0.1, 0.15) is 11.6 Å². The lowest BCUT2D eigenvalue weighted by Crippen LogP contribution is -2.48. The van der Waals surface area contributed by atoms with E-state index in [0.717, 1.165) is 0 Å². The molecule has 0 radical (unpaired) electrons. The maximum atomic E-state index is 11.6. The fraction of sp³-hybridized carbons (Fsp3) is 0.727. The number of amides is 1. The molecule has 21 heavy (non-hydrogen) atoms. The van der Waals surface area contributed by atoms with E-state index in [4.69, 9.17) is 10.5 Å². The summed E-state index contributed by atoms with van der Waals surface area (Å²) in [5.41, 5.74) is 4.31. The van der Waals surface area contributed by atoms with E-state index in [0.29, 0.717) is 0 Å². The van der Waals surface area contributed by atoms with Crippen molar-refractivity contribution in [3.8, 4) is 0 Å². The van der Waals surface area contributed by atoms with Crippen LogP contribution in [0.2, 0.25) is 0 Å². The highest BCUT2D eigenvalue weighted by molar-refractivity contribution is 7.91. The molecule has 0 spiro atoms. The number of nitrogens with two attached hydrogens (primary N) is 1. The van der Waals surface area contributed by atoms with Gasteiger partial charge in [0.25, 0.3) is 0 Å². The van der Waals surface area contributed by atoms with Crippen LogP contribution in [0.3, 0.4) is 0 Å². The van der Waals surface area contributed by atoms with Crippen LogP contribution < -0.4 is 11.1 Å². The van der Waals surface area contributed by atoms with Crippen molar-refractivity contribution in [1.29, 1.82) is 0 Å². The van der Waals surface area contributed by atoms with Gasteiger partial charge in [-0.3, -0.25) is 4.79 Å². The van der Waals surface area contributed by atoms with Crippen molar-refractivity contribution >= 4 is 28.4 Å². The zero-order valence-electron chi connectivity index (χ0n) is 12.1. The molecule has 1 atom stereocenters. The van der Waals surface area contributed by atoms with Crippen LogP contribution in [0.1, 0.15) is 20.8 Å². The van der Waals surface area contributed by atoms with Gasteiger partial charge in [0.2, 0.25) is 0 Å². The smallest absolute Gasteiger partial charge is 0.408 e. The van der Waals surface area contributed by atoms with Gasteiger partial charge in [-0.25, -0.2) is 18.0 Å². The molecule has 0 fully saturated rings. The van der Waals surface area contributed by atoms with E-state index >= 15 is 0 Å². The predicted molar refractivity (Wildman–Crippen MR) is 73.0 cm³/mol. The third kappa shape index (κ3) is 8.97. The Morgan fingerprint density at radius 2 is 1.90 bits per heavy atom. The van der Waals surface area contributed by atoms with Gasteiger partial charge in [-0.1, -0.05) is 0 Å². The maximum absolute atomic E-state index is 11.6. The van der Waals surface area contributed by atoms with Crippen molar-refractivity contribution in [2.45, 2.75) is 32.4 Å². The van der Waals surface area contributed by atoms with Gasteiger partial charge in [-0.15, -0.1) is 0 Å². The van der Waals surface area contributed by atoms with E-state index in [2.05, 4.69) is 10.1 Å². The minimum Gasteiger partial charge on any atom is -0.444 e. The molecule has 0 aliphatic heterocycles. The molecule has 3 N–H and O–H groups in total. The first-order valence-electron chi connectivity index (χ1n) is 6.05. The van der Waals surface area contributed by atoms with Crippen molar-refractivity contribution in [2.24, 2.45) is 5.73 Å². The number of sulfone groups is 1. The van der Waals surface area contributed by atoms with Gasteiger partial charge < -0.3 is 20.5 Å². The minimum atomic E-state index is -3.70. The van der Waals surface area contributed by atoms with E-state index in [1.54, 1.807) is 20.8 Å². The zero-order chi connectivity index (χ0) is 16.7. The number of ether oxygens (including phenoxy) is 2. The van der Waals surface area contributed by atoms with Crippen LogP contribution in [0.4, 0.5) is 4.79 Å². The highest BCUT2D eigenvalue weighted by Crippen LogP contribution is 2.07. The molecule has 0 aromatic carbocycles. The summed E-state index contributed by atoms with van der Waals surface area (Å²) in [5.74, 6) is -2.30. The first kappa shape index (κ1) is 19.3. The number of nitrogens with one attached hydrogen (secondary N) is 1. The average molecular weight is 324 g/mol. The van der Waals surface area contributed by atoms with Crippen molar-refractivity contribution in [1.82, 2.24) is 5.32 Å². The standard InChI is InChI=1S/C11H20N2O7S/c1-11(2,3)20-10(16)13-8(9(15)19-7-14)6-21(17,18)5-4-12/h7-8H,4-6,12H2,1-3H3,(H,13,16). The average Bonchev–Trinajstić information content (AvgIpc) is 2.25. The highest BCUT2D eigenvalue weighted by Gasteiger charge is 2.30. The van der Waals surface area contributed by atoms with Crippen molar-refractivity contribution < 1.29 is 32.3 Å². The molecule has 0 saturated carbocycles. The summed E-state index contributed by atoms with van der Waals surface area (Å²) in [7, 11) is -3.70. The highest BCUT2D eigenvalue weighted by atomic mass is 32.2. The monoisotopic (exact) mass is 324 g/mol. The minimum absolute atomic E-state index is 0.135. The largest absolute Gasteiger partial charge is 0.444 e. The summed E-state index contributed by atoms with van der Waals surface area (Å²) in [6, 6.07) is -1.55. The van der Waals surface area contributed by atoms with Gasteiger partial charge in [0, 0.05) is 6.54 Å². The maximum Gasteiger partial charge on any atom is 0.408 e. The first-order chi connectivity index (χ1) is 9.50. The molecule has 10 heteroatoms. The van der Waals surface area contributed by atoms with Crippen LogP contribution in [0.25, 0.3) is 0 Å². The fourth-order valence-electron chi connectivity index (χ4n) is 1.26. The molecule has 0 saturated heterocycles. The number of hydrogen-bond acceptors (Lipinski definition) is 8. The van der Waals surface area contributed by atoms with Crippen molar-refractivity contribution in [3.63, 3.8) is 0 Å². The number of hydrogen-bond donors (Lipinski definition) is 2. The number of rotatable bonds is 7. The molecule has 0 rings (SSSR count). The van der Waals surface area contributed by atoms with E-state index < -0.39 is 39.3 Å². The predicted octanol–water partition coefficient (Wildman–Crippen LogP) is -1.05. The van der Waals surface area contributed by atoms with Crippen LogP contribution >= 0.6 is 0 Å². The summed E-state index contributed by atoms with van der Waals surface area (Å²) in [5, 5.41) is 2.06. The lowest BCUT2D eigenvalue weighted by molar-refractivity contribution is -0.152. The fourth-order valence-corrected chi connectivity index (χ4v) is 2.52. The molecule has 0 aromatic heterocycles. The van der Waals surface area contributed by atoms with Crippen LogP contribution in [0.5, 0.6) is 0 Å². The molecular weight excluding hydrogens is 304 g/mol. The molecule has 1 unspecified atom stereocenters. The van der Waals surface area contributed by atoms with E-state index in [1.165, 1.54) is 0 Å². The molecule has 0 aliphatic rings. The lowest BCUT2D eigenvalue weighted by Gasteiger charge is -2.22. The number of alkyl carbamates (subject to hydrolysis) is 1. The van der Waals surface area contributed by atoms with E-state index in [-0.39, 0.29) is 18.8 Å². The third-order valence-corrected chi connectivity index (χ3v) is 3.69. The molecule has 9 nitrogen and oxygen atoms in total. The molecule has 1 amide bonds.